The molecule has 0 unspecified atom stereocenters. The molecule has 25 heavy (non-hydrogen) atoms. The quantitative estimate of drug-likeness (QED) is 0.857. The van der Waals surface area contributed by atoms with E-state index in [1.54, 1.807) is 11.5 Å². The van der Waals surface area contributed by atoms with Gasteiger partial charge in [-0.1, -0.05) is 0 Å². The van der Waals surface area contributed by atoms with E-state index in [1.807, 2.05) is 4.90 Å². The Morgan fingerprint density at radius 1 is 1.36 bits per heavy atom. The zero-order valence-electron chi connectivity index (χ0n) is 13.5. The number of piperazine rings is 1. The van der Waals surface area contributed by atoms with Gasteiger partial charge in [-0.3, -0.25) is 4.79 Å². The molecule has 1 aromatic carbocycles. The fraction of sp³-hybridized carbons (Fsp3) is 0.294. The van der Waals surface area contributed by atoms with Crippen molar-refractivity contribution in [3.05, 3.63) is 40.1 Å². The van der Waals surface area contributed by atoms with Gasteiger partial charge in [-0.25, -0.2) is 9.18 Å². The van der Waals surface area contributed by atoms with Crippen molar-refractivity contribution in [2.75, 3.05) is 31.1 Å². The molecule has 2 aliphatic heterocycles. The number of benzene rings is 1. The van der Waals surface area contributed by atoms with Crippen LogP contribution in [-0.2, 0) is 0 Å². The average Bonchev–Trinajstić information content (AvgIpc) is 2.60. The van der Waals surface area contributed by atoms with Gasteiger partial charge in [0.25, 0.3) is 0 Å². The monoisotopic (exact) mass is 345 g/mol. The van der Waals surface area contributed by atoms with Crippen LogP contribution in [-0.4, -0.2) is 41.8 Å². The van der Waals surface area contributed by atoms with Crippen LogP contribution in [0.5, 0.6) is 5.75 Å². The highest BCUT2D eigenvalue weighted by atomic mass is 19.1. The number of aromatic nitrogens is 1. The van der Waals surface area contributed by atoms with Gasteiger partial charge in [-0.2, -0.15) is 0 Å². The van der Waals surface area contributed by atoms with E-state index in [0.717, 1.165) is 19.2 Å². The van der Waals surface area contributed by atoms with E-state index in [4.69, 9.17) is 4.74 Å². The predicted octanol–water partition coefficient (Wildman–Crippen LogP) is 1.46. The van der Waals surface area contributed by atoms with E-state index in [-0.39, 0.29) is 11.1 Å². The molecular weight excluding hydrogens is 329 g/mol. The summed E-state index contributed by atoms with van der Waals surface area (Å²) in [5.74, 6) is -1.69. The van der Waals surface area contributed by atoms with Crippen molar-refractivity contribution in [2.45, 2.75) is 6.92 Å². The molecule has 0 radical (unpaired) electrons. The number of carboxylic acid groups (broad SMARTS) is 1. The SMILES string of the molecule is CC1=COc2c(N3CCNCC3)c(F)cc3c(=O)c(C(=O)O)cn1c23. The van der Waals surface area contributed by atoms with Crippen LogP contribution >= 0.6 is 0 Å². The van der Waals surface area contributed by atoms with Gasteiger partial charge >= 0.3 is 5.97 Å². The third kappa shape index (κ3) is 2.29. The lowest BCUT2D eigenvalue weighted by Gasteiger charge is -2.32. The van der Waals surface area contributed by atoms with Crippen LogP contribution in [0.2, 0.25) is 0 Å². The highest BCUT2D eigenvalue weighted by Gasteiger charge is 2.28. The number of carboxylic acids is 1. The molecule has 0 spiro atoms. The molecule has 0 atom stereocenters. The number of ether oxygens (including phenoxy) is 1. The van der Waals surface area contributed by atoms with E-state index in [1.165, 1.54) is 12.5 Å². The molecular formula is C17H16FN3O4. The lowest BCUT2D eigenvalue weighted by atomic mass is 10.1. The van der Waals surface area contributed by atoms with Gasteiger partial charge in [0.2, 0.25) is 5.43 Å². The number of nitrogens with zero attached hydrogens (tertiary/aromatic N) is 2. The van der Waals surface area contributed by atoms with Crippen LogP contribution in [0.4, 0.5) is 10.1 Å². The lowest BCUT2D eigenvalue weighted by molar-refractivity contribution is 0.0695. The molecule has 3 heterocycles. The van der Waals surface area contributed by atoms with Crippen molar-refractivity contribution in [1.29, 1.82) is 0 Å². The van der Waals surface area contributed by atoms with Gasteiger partial charge in [0.15, 0.2) is 11.6 Å². The van der Waals surface area contributed by atoms with Crippen molar-refractivity contribution in [2.24, 2.45) is 0 Å². The number of aromatic carboxylic acids is 1. The van der Waals surface area contributed by atoms with Gasteiger partial charge in [0.1, 0.15) is 23.0 Å². The van der Waals surface area contributed by atoms with Gasteiger partial charge in [-0.05, 0) is 13.0 Å². The molecule has 130 valence electrons. The molecule has 4 rings (SSSR count). The first-order valence-electron chi connectivity index (χ1n) is 7.93. The van der Waals surface area contributed by atoms with Crippen molar-refractivity contribution in [3.63, 3.8) is 0 Å². The fourth-order valence-electron chi connectivity index (χ4n) is 3.34. The molecule has 2 N–H and O–H groups in total. The Balaban J connectivity index is 2.08. The number of anilines is 1. The summed E-state index contributed by atoms with van der Waals surface area (Å²) >= 11 is 0. The van der Waals surface area contributed by atoms with Gasteiger partial charge < -0.3 is 24.6 Å². The summed E-state index contributed by atoms with van der Waals surface area (Å²) in [4.78, 5) is 25.7. The number of pyridine rings is 1. The third-order valence-electron chi connectivity index (χ3n) is 4.56. The van der Waals surface area contributed by atoms with Crippen LogP contribution in [0.15, 0.2) is 23.3 Å². The van der Waals surface area contributed by atoms with E-state index in [2.05, 4.69) is 5.32 Å². The summed E-state index contributed by atoms with van der Waals surface area (Å²) in [6.07, 6.45) is 2.70. The third-order valence-corrected chi connectivity index (χ3v) is 4.56. The predicted molar refractivity (Wildman–Crippen MR) is 90.8 cm³/mol. The fourth-order valence-corrected chi connectivity index (χ4v) is 3.34. The van der Waals surface area contributed by atoms with Gasteiger partial charge in [0, 0.05) is 32.4 Å². The van der Waals surface area contributed by atoms with Crippen LogP contribution in [0.1, 0.15) is 17.3 Å². The summed E-state index contributed by atoms with van der Waals surface area (Å²) in [6.45, 7) is 4.39. The molecule has 1 saturated heterocycles. The minimum absolute atomic E-state index is 0.00117. The average molecular weight is 345 g/mol. The number of allylic oxidation sites excluding steroid dienone is 1. The van der Waals surface area contributed by atoms with Gasteiger partial charge in [-0.15, -0.1) is 0 Å². The van der Waals surface area contributed by atoms with Crippen molar-refractivity contribution in [1.82, 2.24) is 9.88 Å². The molecule has 0 aliphatic carbocycles. The molecule has 0 amide bonds. The molecule has 7 nitrogen and oxygen atoms in total. The molecule has 2 aliphatic rings. The minimum atomic E-state index is -1.34. The van der Waals surface area contributed by atoms with Crippen LogP contribution < -0.4 is 20.4 Å². The Morgan fingerprint density at radius 2 is 2.08 bits per heavy atom. The second kappa shape index (κ2) is 5.59. The smallest absolute Gasteiger partial charge is 0.341 e. The topological polar surface area (TPSA) is 83.8 Å². The van der Waals surface area contributed by atoms with E-state index < -0.39 is 22.8 Å². The maximum Gasteiger partial charge on any atom is 0.341 e. The Bertz CT molecular complexity index is 990. The Kier molecular flexibility index (Phi) is 3.50. The van der Waals surface area contributed by atoms with Crippen molar-refractivity contribution >= 4 is 28.3 Å². The summed E-state index contributed by atoms with van der Waals surface area (Å²) in [5, 5.41) is 12.5. The Morgan fingerprint density at radius 3 is 2.76 bits per heavy atom. The first kappa shape index (κ1) is 15.6. The van der Waals surface area contributed by atoms with Crippen molar-refractivity contribution < 1.29 is 19.0 Å². The number of hydrogen-bond donors (Lipinski definition) is 2. The molecule has 0 saturated carbocycles. The molecule has 0 bridgehead atoms. The summed E-state index contributed by atoms with van der Waals surface area (Å²) in [7, 11) is 0. The minimum Gasteiger partial charge on any atom is -0.477 e. The van der Waals surface area contributed by atoms with E-state index in [0.29, 0.717) is 30.0 Å². The normalized spacial score (nSPS) is 16.6. The number of halogens is 1. The maximum atomic E-state index is 14.9. The summed E-state index contributed by atoms with van der Waals surface area (Å²) in [5.41, 5.74) is 0.184. The maximum absolute atomic E-state index is 14.9. The molecule has 8 heteroatoms. The van der Waals surface area contributed by atoms with Crippen molar-refractivity contribution in [3.8, 4) is 5.75 Å². The Labute approximate surface area is 141 Å². The molecule has 1 aromatic heterocycles. The highest BCUT2D eigenvalue weighted by Crippen LogP contribution is 2.41. The molecule has 2 aromatic rings. The lowest BCUT2D eigenvalue weighted by Crippen LogP contribution is -2.44. The van der Waals surface area contributed by atoms with Crippen LogP contribution in [0.3, 0.4) is 0 Å². The largest absolute Gasteiger partial charge is 0.477 e. The second-order valence-electron chi connectivity index (χ2n) is 6.09. The van der Waals surface area contributed by atoms with E-state index >= 15 is 0 Å². The first-order valence-corrected chi connectivity index (χ1v) is 7.93. The summed E-state index contributed by atoms with van der Waals surface area (Å²) in [6, 6.07) is 1.11. The first-order chi connectivity index (χ1) is 12.0. The number of nitrogens with one attached hydrogen (secondary N) is 1. The number of rotatable bonds is 2. The number of hydrogen-bond acceptors (Lipinski definition) is 5. The molecule has 1 fully saturated rings. The highest BCUT2D eigenvalue weighted by molar-refractivity contribution is 5.99. The Hall–Kier alpha value is -2.87. The van der Waals surface area contributed by atoms with E-state index in [9.17, 15) is 19.1 Å². The van der Waals surface area contributed by atoms with Gasteiger partial charge in [0.05, 0.1) is 11.1 Å². The van der Waals surface area contributed by atoms with Crippen LogP contribution in [0.25, 0.3) is 16.6 Å². The van der Waals surface area contributed by atoms with Crippen LogP contribution in [0, 0.1) is 5.82 Å². The summed E-state index contributed by atoms with van der Waals surface area (Å²) < 4.78 is 22.1. The number of carbonyl (C=O) groups is 1. The standard InChI is InChI=1S/C17H16FN3O4/c1-9-8-25-16-13-10(15(22)11(17(23)24)7-21(9)13)6-12(18)14(16)20-4-2-19-3-5-20/h6-8,19H,2-5H2,1H3,(H,23,24). The zero-order valence-corrected chi connectivity index (χ0v) is 13.5. The zero-order chi connectivity index (χ0) is 17.7. The second-order valence-corrected chi connectivity index (χ2v) is 6.09.